The molecule has 16 heavy (non-hydrogen) atoms. The second kappa shape index (κ2) is 3.75. The van der Waals surface area contributed by atoms with Crippen molar-refractivity contribution < 1.29 is 9.66 Å². The fourth-order valence-corrected chi connectivity index (χ4v) is 1.92. The molecule has 0 saturated heterocycles. The lowest BCUT2D eigenvalue weighted by molar-refractivity contribution is -0.385. The lowest BCUT2D eigenvalue weighted by atomic mass is 9.95. The zero-order chi connectivity index (χ0) is 11.8. The normalized spacial score (nSPS) is 16.9. The average molecular weight is 222 g/mol. The number of nitrogens with zero attached hydrogens (tertiary/aromatic N) is 1. The number of hydrogen-bond donors (Lipinski definition) is 1. The third-order valence-corrected chi connectivity index (χ3v) is 3.23. The maximum atomic E-state index is 10.9. The van der Waals surface area contributed by atoms with Gasteiger partial charge >= 0.3 is 5.69 Å². The highest BCUT2D eigenvalue weighted by molar-refractivity contribution is 5.51. The van der Waals surface area contributed by atoms with Gasteiger partial charge in [-0.1, -0.05) is 6.07 Å². The zero-order valence-electron chi connectivity index (χ0n) is 9.10. The minimum atomic E-state index is -0.422. The molecule has 2 N–H and O–H groups in total. The Morgan fingerprint density at radius 3 is 2.69 bits per heavy atom. The predicted octanol–water partition coefficient (Wildman–Crippen LogP) is 1.59. The molecule has 0 aliphatic heterocycles. The summed E-state index contributed by atoms with van der Waals surface area (Å²) in [6, 6.07) is 5.09. The molecular weight excluding hydrogens is 208 g/mol. The first kappa shape index (κ1) is 10.9. The van der Waals surface area contributed by atoms with Crippen LogP contribution in [-0.2, 0) is 5.41 Å². The van der Waals surface area contributed by atoms with E-state index in [4.69, 9.17) is 10.5 Å². The summed E-state index contributed by atoms with van der Waals surface area (Å²) >= 11 is 0. The Labute approximate surface area is 93.4 Å². The van der Waals surface area contributed by atoms with Crippen molar-refractivity contribution in [3.8, 4) is 5.75 Å². The predicted molar refractivity (Wildman–Crippen MR) is 59.6 cm³/mol. The largest absolute Gasteiger partial charge is 0.490 e. The molecule has 2 rings (SSSR count). The van der Waals surface area contributed by atoms with Crippen LogP contribution in [0.5, 0.6) is 5.75 Å². The SMILES string of the molecule is COc1ccc(C2(CN)CC2)cc1[N+](=O)[O-]. The van der Waals surface area contributed by atoms with E-state index in [1.807, 2.05) is 6.07 Å². The molecule has 1 aliphatic rings. The van der Waals surface area contributed by atoms with Crippen LogP contribution < -0.4 is 10.5 Å². The number of nitro benzene ring substituents is 1. The molecule has 0 radical (unpaired) electrons. The van der Waals surface area contributed by atoms with Gasteiger partial charge in [0.25, 0.3) is 0 Å². The Morgan fingerprint density at radius 1 is 1.56 bits per heavy atom. The van der Waals surface area contributed by atoms with Crippen LogP contribution in [0.25, 0.3) is 0 Å². The van der Waals surface area contributed by atoms with Gasteiger partial charge in [0, 0.05) is 18.0 Å². The Bertz CT molecular complexity index is 427. The van der Waals surface area contributed by atoms with Crippen LogP contribution in [-0.4, -0.2) is 18.6 Å². The van der Waals surface area contributed by atoms with Crippen LogP contribution in [0.4, 0.5) is 5.69 Å². The molecule has 5 nitrogen and oxygen atoms in total. The van der Waals surface area contributed by atoms with Crippen LogP contribution in [0.15, 0.2) is 18.2 Å². The second-order valence-corrected chi connectivity index (χ2v) is 4.13. The summed E-state index contributed by atoms with van der Waals surface area (Å²) in [5.41, 5.74) is 6.63. The molecule has 5 heteroatoms. The first-order valence-corrected chi connectivity index (χ1v) is 5.16. The summed E-state index contributed by atoms with van der Waals surface area (Å²) < 4.78 is 4.96. The van der Waals surface area contributed by atoms with E-state index in [9.17, 15) is 10.1 Å². The van der Waals surface area contributed by atoms with E-state index < -0.39 is 4.92 Å². The molecule has 0 atom stereocenters. The highest BCUT2D eigenvalue weighted by Crippen LogP contribution is 2.48. The molecule has 1 aliphatic carbocycles. The van der Waals surface area contributed by atoms with Crippen molar-refractivity contribution >= 4 is 5.69 Å². The number of hydrogen-bond acceptors (Lipinski definition) is 4. The monoisotopic (exact) mass is 222 g/mol. The molecule has 0 amide bonds. The number of rotatable bonds is 4. The highest BCUT2D eigenvalue weighted by Gasteiger charge is 2.43. The van der Waals surface area contributed by atoms with Crippen LogP contribution in [0.2, 0.25) is 0 Å². The number of ether oxygens (including phenoxy) is 1. The molecular formula is C11H14N2O3. The smallest absolute Gasteiger partial charge is 0.311 e. The fourth-order valence-electron chi connectivity index (χ4n) is 1.92. The van der Waals surface area contributed by atoms with Gasteiger partial charge in [-0.15, -0.1) is 0 Å². The summed E-state index contributed by atoms with van der Waals surface area (Å²) in [4.78, 5) is 10.4. The van der Waals surface area contributed by atoms with E-state index >= 15 is 0 Å². The van der Waals surface area contributed by atoms with Crippen molar-refractivity contribution in [2.75, 3.05) is 13.7 Å². The molecule has 0 bridgehead atoms. The topological polar surface area (TPSA) is 78.4 Å². The van der Waals surface area contributed by atoms with Crippen LogP contribution in [0, 0.1) is 10.1 Å². The number of nitro groups is 1. The molecule has 0 unspecified atom stereocenters. The summed E-state index contributed by atoms with van der Waals surface area (Å²) in [6.07, 6.45) is 2.01. The standard InChI is InChI=1S/C11H14N2O3/c1-16-10-3-2-8(6-9(10)13(14)15)11(7-12)4-5-11/h2-3,6H,4-5,7,12H2,1H3. The molecule has 1 saturated carbocycles. The number of methoxy groups -OCH3 is 1. The summed E-state index contributed by atoms with van der Waals surface area (Å²) in [6.45, 7) is 0.538. The third kappa shape index (κ3) is 1.63. The van der Waals surface area contributed by atoms with Gasteiger partial charge in [-0.05, 0) is 24.5 Å². The van der Waals surface area contributed by atoms with E-state index in [1.165, 1.54) is 7.11 Å². The lowest BCUT2D eigenvalue weighted by Crippen LogP contribution is -2.19. The number of benzene rings is 1. The van der Waals surface area contributed by atoms with E-state index in [0.717, 1.165) is 18.4 Å². The molecule has 86 valence electrons. The average Bonchev–Trinajstić information content (AvgIpc) is 3.09. The van der Waals surface area contributed by atoms with Gasteiger partial charge in [0.2, 0.25) is 0 Å². The van der Waals surface area contributed by atoms with Crippen LogP contribution >= 0.6 is 0 Å². The van der Waals surface area contributed by atoms with E-state index in [2.05, 4.69) is 0 Å². The Hall–Kier alpha value is -1.62. The molecule has 0 heterocycles. The molecule has 0 spiro atoms. The van der Waals surface area contributed by atoms with Crippen LogP contribution in [0.1, 0.15) is 18.4 Å². The Balaban J connectivity index is 2.43. The van der Waals surface area contributed by atoms with Gasteiger partial charge in [-0.3, -0.25) is 10.1 Å². The van der Waals surface area contributed by atoms with Crippen molar-refractivity contribution in [3.05, 3.63) is 33.9 Å². The van der Waals surface area contributed by atoms with Gasteiger partial charge in [0.05, 0.1) is 12.0 Å². The molecule has 1 aromatic carbocycles. The molecule has 1 fully saturated rings. The van der Waals surface area contributed by atoms with E-state index in [1.54, 1.807) is 12.1 Å². The summed E-state index contributed by atoms with van der Waals surface area (Å²) in [5, 5.41) is 10.9. The molecule has 0 aromatic heterocycles. The minimum Gasteiger partial charge on any atom is -0.490 e. The van der Waals surface area contributed by atoms with Crippen molar-refractivity contribution in [2.45, 2.75) is 18.3 Å². The summed E-state index contributed by atoms with van der Waals surface area (Å²) in [7, 11) is 1.43. The van der Waals surface area contributed by atoms with Gasteiger partial charge in [0.15, 0.2) is 5.75 Å². The first-order valence-electron chi connectivity index (χ1n) is 5.16. The van der Waals surface area contributed by atoms with Crippen LogP contribution in [0.3, 0.4) is 0 Å². The number of nitrogens with two attached hydrogens (primary N) is 1. The second-order valence-electron chi connectivity index (χ2n) is 4.13. The van der Waals surface area contributed by atoms with Gasteiger partial charge in [-0.2, -0.15) is 0 Å². The van der Waals surface area contributed by atoms with Crippen molar-refractivity contribution in [1.29, 1.82) is 0 Å². The summed E-state index contributed by atoms with van der Waals surface area (Å²) in [5.74, 6) is 0.293. The Morgan fingerprint density at radius 2 is 2.25 bits per heavy atom. The maximum Gasteiger partial charge on any atom is 0.311 e. The van der Waals surface area contributed by atoms with Crippen molar-refractivity contribution in [2.24, 2.45) is 5.73 Å². The Kier molecular flexibility index (Phi) is 2.55. The minimum absolute atomic E-state index is 0.0136. The first-order chi connectivity index (χ1) is 7.63. The fraction of sp³-hybridized carbons (Fsp3) is 0.455. The zero-order valence-corrected chi connectivity index (χ0v) is 9.10. The quantitative estimate of drug-likeness (QED) is 0.619. The van der Waals surface area contributed by atoms with Crippen molar-refractivity contribution in [3.63, 3.8) is 0 Å². The third-order valence-electron chi connectivity index (χ3n) is 3.23. The van der Waals surface area contributed by atoms with E-state index in [0.29, 0.717) is 12.3 Å². The van der Waals surface area contributed by atoms with Gasteiger partial charge < -0.3 is 10.5 Å². The maximum absolute atomic E-state index is 10.9. The van der Waals surface area contributed by atoms with Crippen molar-refractivity contribution in [1.82, 2.24) is 0 Å². The van der Waals surface area contributed by atoms with E-state index in [-0.39, 0.29) is 11.1 Å². The highest BCUT2D eigenvalue weighted by atomic mass is 16.6. The van der Waals surface area contributed by atoms with Gasteiger partial charge in [-0.25, -0.2) is 0 Å². The molecule has 1 aromatic rings. The van der Waals surface area contributed by atoms with Gasteiger partial charge in [0.1, 0.15) is 0 Å². The lowest BCUT2D eigenvalue weighted by Gasteiger charge is -2.13.